The van der Waals surface area contributed by atoms with E-state index in [0.29, 0.717) is 0 Å². The summed E-state index contributed by atoms with van der Waals surface area (Å²) in [7, 11) is 0. The minimum atomic E-state index is -0.0950. The van der Waals surface area contributed by atoms with Crippen LogP contribution in [0.4, 0.5) is 5.69 Å². The molecule has 0 amide bonds. The van der Waals surface area contributed by atoms with Crippen molar-refractivity contribution in [2.45, 2.75) is 19.3 Å². The summed E-state index contributed by atoms with van der Waals surface area (Å²) in [5.74, 6) is 0. The zero-order chi connectivity index (χ0) is 16.8. The number of benzene rings is 3. The van der Waals surface area contributed by atoms with Crippen LogP contribution < -0.4 is 4.90 Å². The Kier molecular flexibility index (Phi) is 3.25. The summed E-state index contributed by atoms with van der Waals surface area (Å²) in [6, 6.07) is 25.7. The highest BCUT2D eigenvalue weighted by atomic mass is 16.5. The number of ether oxygens (including phenoxy) is 1. The van der Waals surface area contributed by atoms with Crippen LogP contribution in [0.2, 0.25) is 0 Å². The number of para-hydroxylation sites is 1. The predicted octanol–water partition coefficient (Wildman–Crippen LogP) is 5.60. The van der Waals surface area contributed by atoms with E-state index in [1.807, 2.05) is 0 Å². The molecule has 5 rings (SSSR count). The number of hydrogen-bond acceptors (Lipinski definition) is 2. The van der Waals surface area contributed by atoms with Gasteiger partial charge in [-0.1, -0.05) is 72.3 Å². The van der Waals surface area contributed by atoms with Crippen molar-refractivity contribution in [2.75, 3.05) is 4.90 Å². The van der Waals surface area contributed by atoms with Gasteiger partial charge in [0.05, 0.1) is 0 Å². The first-order valence-electron chi connectivity index (χ1n) is 8.68. The Hall–Kier alpha value is -2.84. The molecule has 2 heteroatoms. The maximum absolute atomic E-state index is 6.64. The first kappa shape index (κ1) is 14.5. The second kappa shape index (κ2) is 5.61. The van der Waals surface area contributed by atoms with Crippen LogP contribution in [0.1, 0.15) is 40.1 Å². The van der Waals surface area contributed by atoms with Crippen molar-refractivity contribution in [2.24, 2.45) is 0 Å². The van der Waals surface area contributed by atoms with Gasteiger partial charge in [0, 0.05) is 23.0 Å². The third kappa shape index (κ3) is 2.30. The minimum absolute atomic E-state index is 0.0578. The average molecular weight is 325 g/mol. The highest BCUT2D eigenvalue weighted by Gasteiger charge is 2.36. The van der Waals surface area contributed by atoms with Gasteiger partial charge in [0.1, 0.15) is 6.10 Å². The molecule has 2 aliphatic heterocycles. The van der Waals surface area contributed by atoms with Crippen LogP contribution in [0, 0.1) is 6.92 Å². The molecule has 2 unspecified atom stereocenters. The molecule has 25 heavy (non-hydrogen) atoms. The SMILES string of the molecule is Cc1ccc(C2OC3c4ccccc4C=CN3c3ccccc32)cc1. The largest absolute Gasteiger partial charge is 0.341 e. The van der Waals surface area contributed by atoms with E-state index >= 15 is 0 Å². The van der Waals surface area contributed by atoms with E-state index < -0.39 is 0 Å². The molecule has 2 aliphatic rings. The van der Waals surface area contributed by atoms with Crippen LogP contribution in [0.25, 0.3) is 6.08 Å². The second-order valence-corrected chi connectivity index (χ2v) is 6.69. The minimum Gasteiger partial charge on any atom is -0.341 e. The molecule has 0 saturated heterocycles. The lowest BCUT2D eigenvalue weighted by Crippen LogP contribution is -2.35. The number of fused-ring (bicyclic) bond motifs is 5. The van der Waals surface area contributed by atoms with E-state index in [1.165, 1.54) is 33.5 Å². The highest BCUT2D eigenvalue weighted by molar-refractivity contribution is 5.69. The van der Waals surface area contributed by atoms with Crippen LogP contribution in [0.5, 0.6) is 0 Å². The van der Waals surface area contributed by atoms with Crippen molar-refractivity contribution in [3.8, 4) is 0 Å². The van der Waals surface area contributed by atoms with Crippen LogP contribution in [-0.4, -0.2) is 0 Å². The van der Waals surface area contributed by atoms with Gasteiger partial charge in [0.25, 0.3) is 0 Å². The Labute approximate surface area is 148 Å². The molecule has 122 valence electrons. The fourth-order valence-electron chi connectivity index (χ4n) is 3.77. The highest BCUT2D eigenvalue weighted by Crippen LogP contribution is 2.47. The quantitative estimate of drug-likeness (QED) is 0.577. The molecule has 0 radical (unpaired) electrons. The van der Waals surface area contributed by atoms with Crippen molar-refractivity contribution in [1.29, 1.82) is 0 Å². The van der Waals surface area contributed by atoms with Crippen molar-refractivity contribution >= 4 is 11.8 Å². The molecule has 0 aromatic heterocycles. The average Bonchev–Trinajstić information content (AvgIpc) is 2.68. The molecule has 0 aliphatic carbocycles. The molecule has 0 fully saturated rings. The summed E-state index contributed by atoms with van der Waals surface area (Å²) < 4.78 is 6.64. The van der Waals surface area contributed by atoms with Gasteiger partial charge in [-0.15, -0.1) is 0 Å². The fourth-order valence-corrected chi connectivity index (χ4v) is 3.77. The summed E-state index contributed by atoms with van der Waals surface area (Å²) in [6.45, 7) is 2.11. The van der Waals surface area contributed by atoms with Gasteiger partial charge >= 0.3 is 0 Å². The molecular formula is C23H19NO. The molecule has 3 aromatic rings. The van der Waals surface area contributed by atoms with Crippen LogP contribution in [0.3, 0.4) is 0 Å². The molecular weight excluding hydrogens is 306 g/mol. The summed E-state index contributed by atoms with van der Waals surface area (Å²) >= 11 is 0. The van der Waals surface area contributed by atoms with E-state index in [-0.39, 0.29) is 12.3 Å². The Bertz CT molecular complexity index is 958. The summed E-state index contributed by atoms with van der Waals surface area (Å²) in [5.41, 5.74) is 7.34. The van der Waals surface area contributed by atoms with E-state index in [9.17, 15) is 0 Å². The van der Waals surface area contributed by atoms with Crippen LogP contribution >= 0.6 is 0 Å². The Morgan fingerprint density at radius 1 is 0.800 bits per heavy atom. The van der Waals surface area contributed by atoms with Crippen molar-refractivity contribution in [3.63, 3.8) is 0 Å². The van der Waals surface area contributed by atoms with E-state index in [2.05, 4.69) is 96.9 Å². The van der Waals surface area contributed by atoms with Gasteiger partial charge in [0.15, 0.2) is 6.23 Å². The van der Waals surface area contributed by atoms with E-state index in [4.69, 9.17) is 4.74 Å². The molecule has 2 heterocycles. The number of rotatable bonds is 1. The zero-order valence-corrected chi connectivity index (χ0v) is 14.1. The summed E-state index contributed by atoms with van der Waals surface area (Å²) in [5, 5.41) is 0. The van der Waals surface area contributed by atoms with E-state index in [0.717, 1.165) is 0 Å². The predicted molar refractivity (Wildman–Crippen MR) is 101 cm³/mol. The van der Waals surface area contributed by atoms with Gasteiger partial charge in [0.2, 0.25) is 0 Å². The van der Waals surface area contributed by atoms with Crippen molar-refractivity contribution < 1.29 is 4.74 Å². The Morgan fingerprint density at radius 2 is 1.52 bits per heavy atom. The van der Waals surface area contributed by atoms with Crippen molar-refractivity contribution in [1.82, 2.24) is 0 Å². The number of hydrogen-bond donors (Lipinski definition) is 0. The molecule has 2 atom stereocenters. The van der Waals surface area contributed by atoms with Gasteiger partial charge in [-0.05, 0) is 30.2 Å². The second-order valence-electron chi connectivity index (χ2n) is 6.69. The van der Waals surface area contributed by atoms with Gasteiger partial charge in [-0.2, -0.15) is 0 Å². The number of anilines is 1. The number of aryl methyl sites for hydroxylation is 1. The molecule has 0 spiro atoms. The van der Waals surface area contributed by atoms with Gasteiger partial charge < -0.3 is 9.64 Å². The summed E-state index contributed by atoms with van der Waals surface area (Å²) in [4.78, 5) is 2.24. The third-order valence-electron chi connectivity index (χ3n) is 5.07. The van der Waals surface area contributed by atoms with Crippen LogP contribution in [0.15, 0.2) is 79.0 Å². The van der Waals surface area contributed by atoms with E-state index in [1.54, 1.807) is 0 Å². The lowest BCUT2D eigenvalue weighted by atomic mass is 9.93. The summed E-state index contributed by atoms with van der Waals surface area (Å²) in [6.07, 6.45) is 4.15. The van der Waals surface area contributed by atoms with Crippen LogP contribution in [-0.2, 0) is 4.74 Å². The maximum Gasteiger partial charge on any atom is 0.162 e. The standard InChI is InChI=1S/C23H19NO/c1-16-10-12-18(13-11-16)22-20-8-4-5-9-21(20)24-15-14-17-6-2-3-7-19(17)23(24)25-22/h2-15,22-23H,1H3. The normalized spacial score (nSPS) is 20.6. The monoisotopic (exact) mass is 325 g/mol. The first-order valence-corrected chi connectivity index (χ1v) is 8.68. The van der Waals surface area contributed by atoms with Gasteiger partial charge in [-0.25, -0.2) is 0 Å². The maximum atomic E-state index is 6.64. The Morgan fingerprint density at radius 3 is 2.36 bits per heavy atom. The molecule has 2 nitrogen and oxygen atoms in total. The van der Waals surface area contributed by atoms with Crippen molar-refractivity contribution in [3.05, 3.63) is 107 Å². The lowest BCUT2D eigenvalue weighted by Gasteiger charge is -2.43. The molecule has 0 N–H and O–H groups in total. The lowest BCUT2D eigenvalue weighted by molar-refractivity contribution is -0.000352. The smallest absolute Gasteiger partial charge is 0.162 e. The fraction of sp³-hybridized carbons (Fsp3) is 0.130. The zero-order valence-electron chi connectivity index (χ0n) is 14.1. The third-order valence-corrected chi connectivity index (χ3v) is 5.07. The molecule has 0 bridgehead atoms. The molecule has 3 aromatic carbocycles. The Balaban J connectivity index is 1.67. The topological polar surface area (TPSA) is 12.5 Å². The first-order chi connectivity index (χ1) is 12.3. The molecule has 0 saturated carbocycles. The number of nitrogens with zero attached hydrogens (tertiary/aromatic N) is 1. The van der Waals surface area contributed by atoms with Gasteiger partial charge in [-0.3, -0.25) is 0 Å².